The second-order valence-corrected chi connectivity index (χ2v) is 5.82. The Morgan fingerprint density at radius 3 is 2.57 bits per heavy atom. The molecule has 0 atom stereocenters. The van der Waals surface area contributed by atoms with Gasteiger partial charge in [-0.1, -0.05) is 13.3 Å². The van der Waals surface area contributed by atoms with Crippen LogP contribution in [0.5, 0.6) is 11.5 Å². The lowest BCUT2D eigenvalue weighted by atomic mass is 10.2. The Morgan fingerprint density at radius 2 is 1.86 bits per heavy atom. The van der Waals surface area contributed by atoms with E-state index in [0.717, 1.165) is 31.0 Å². The van der Waals surface area contributed by atoms with E-state index in [1.54, 1.807) is 6.07 Å². The number of hydrogen-bond acceptors (Lipinski definition) is 5. The van der Waals surface area contributed by atoms with Crippen molar-refractivity contribution < 1.29 is 32.6 Å². The molecule has 2 aromatic rings. The summed E-state index contributed by atoms with van der Waals surface area (Å²) in [6, 6.07) is 7.13. The molecule has 1 amide bonds. The predicted octanol–water partition coefficient (Wildman–Crippen LogP) is 3.95. The number of ether oxygens (including phenoxy) is 3. The van der Waals surface area contributed by atoms with Gasteiger partial charge in [-0.2, -0.15) is 0 Å². The van der Waals surface area contributed by atoms with Crippen LogP contribution in [0.1, 0.15) is 30.1 Å². The molecule has 28 heavy (non-hydrogen) atoms. The second-order valence-electron chi connectivity index (χ2n) is 5.82. The number of amides is 1. The van der Waals surface area contributed by atoms with E-state index in [0.29, 0.717) is 18.1 Å². The van der Waals surface area contributed by atoms with Crippen LogP contribution in [0.25, 0.3) is 0 Å². The number of carbonyl (C=O) groups is 2. The minimum absolute atomic E-state index is 0.157. The SMILES string of the molecule is CCCCOc1ccc(C(=O)OCC(=O)Nc2cc(F)ccc2F)cc1OC. The van der Waals surface area contributed by atoms with Crippen molar-refractivity contribution in [2.75, 3.05) is 25.6 Å². The molecule has 150 valence electrons. The van der Waals surface area contributed by atoms with Crippen LogP contribution >= 0.6 is 0 Å². The average molecular weight is 393 g/mol. The van der Waals surface area contributed by atoms with E-state index in [1.807, 2.05) is 6.92 Å². The zero-order valence-corrected chi connectivity index (χ0v) is 15.6. The van der Waals surface area contributed by atoms with Crippen LogP contribution in [-0.4, -0.2) is 32.2 Å². The van der Waals surface area contributed by atoms with Crippen LogP contribution in [0.3, 0.4) is 0 Å². The van der Waals surface area contributed by atoms with Gasteiger partial charge in [0.05, 0.1) is 25.0 Å². The third-order valence-electron chi connectivity index (χ3n) is 3.69. The summed E-state index contributed by atoms with van der Waals surface area (Å²) in [7, 11) is 1.44. The van der Waals surface area contributed by atoms with Crippen LogP contribution in [0.2, 0.25) is 0 Å². The van der Waals surface area contributed by atoms with Crippen molar-refractivity contribution in [1.82, 2.24) is 0 Å². The Kier molecular flexibility index (Phi) is 7.74. The molecule has 0 radical (unpaired) electrons. The molecule has 0 spiro atoms. The molecule has 0 unspecified atom stereocenters. The molecule has 2 aromatic carbocycles. The number of nitrogens with one attached hydrogen (secondary N) is 1. The smallest absolute Gasteiger partial charge is 0.338 e. The number of rotatable bonds is 9. The third-order valence-corrected chi connectivity index (χ3v) is 3.69. The van der Waals surface area contributed by atoms with Crippen LogP contribution in [0.15, 0.2) is 36.4 Å². The van der Waals surface area contributed by atoms with Gasteiger partial charge in [0.15, 0.2) is 18.1 Å². The zero-order chi connectivity index (χ0) is 20.5. The molecule has 0 aliphatic rings. The summed E-state index contributed by atoms with van der Waals surface area (Å²) < 4.78 is 42.3. The Morgan fingerprint density at radius 1 is 1.07 bits per heavy atom. The highest BCUT2D eigenvalue weighted by Crippen LogP contribution is 2.28. The van der Waals surface area contributed by atoms with Crippen molar-refractivity contribution in [3.8, 4) is 11.5 Å². The molecular formula is C20H21F2NO5. The standard InChI is InChI=1S/C20H21F2NO5/c1-3-4-9-27-17-8-5-13(10-18(17)26-2)20(25)28-12-19(24)23-16-11-14(21)6-7-15(16)22/h5-8,10-11H,3-4,9,12H2,1-2H3,(H,23,24). The largest absolute Gasteiger partial charge is 0.493 e. The number of hydrogen-bond donors (Lipinski definition) is 1. The van der Waals surface area contributed by atoms with Crippen molar-refractivity contribution in [3.05, 3.63) is 53.6 Å². The van der Waals surface area contributed by atoms with E-state index in [1.165, 1.54) is 19.2 Å². The first-order valence-electron chi connectivity index (χ1n) is 8.67. The van der Waals surface area contributed by atoms with E-state index in [-0.39, 0.29) is 11.3 Å². The summed E-state index contributed by atoms with van der Waals surface area (Å²) in [5.41, 5.74) is -0.180. The highest BCUT2D eigenvalue weighted by Gasteiger charge is 2.15. The molecule has 0 fully saturated rings. The Labute approximate surface area is 161 Å². The molecule has 0 saturated carbocycles. The van der Waals surface area contributed by atoms with Gasteiger partial charge in [-0.05, 0) is 36.8 Å². The normalized spacial score (nSPS) is 10.3. The van der Waals surface area contributed by atoms with E-state index in [2.05, 4.69) is 5.32 Å². The lowest BCUT2D eigenvalue weighted by molar-refractivity contribution is -0.119. The maximum absolute atomic E-state index is 13.5. The Hall–Kier alpha value is -3.16. The summed E-state index contributed by atoms with van der Waals surface area (Å²) in [6.45, 7) is 1.90. The van der Waals surface area contributed by atoms with Gasteiger partial charge in [0.25, 0.3) is 5.91 Å². The van der Waals surface area contributed by atoms with E-state index in [4.69, 9.17) is 14.2 Å². The number of methoxy groups -OCH3 is 1. The fourth-order valence-corrected chi connectivity index (χ4v) is 2.23. The molecule has 0 aromatic heterocycles. The highest BCUT2D eigenvalue weighted by molar-refractivity contribution is 5.95. The molecular weight excluding hydrogens is 372 g/mol. The van der Waals surface area contributed by atoms with E-state index < -0.39 is 30.1 Å². The van der Waals surface area contributed by atoms with Crippen molar-refractivity contribution in [2.45, 2.75) is 19.8 Å². The van der Waals surface area contributed by atoms with Gasteiger partial charge in [-0.25, -0.2) is 13.6 Å². The molecule has 0 saturated heterocycles. The quantitative estimate of drug-likeness (QED) is 0.516. The van der Waals surface area contributed by atoms with Gasteiger partial charge in [0, 0.05) is 6.07 Å². The van der Waals surface area contributed by atoms with Gasteiger partial charge < -0.3 is 19.5 Å². The monoisotopic (exact) mass is 393 g/mol. The first kappa shape index (κ1) is 21.1. The third kappa shape index (κ3) is 5.94. The lowest BCUT2D eigenvalue weighted by Crippen LogP contribution is -2.21. The number of halogens is 2. The van der Waals surface area contributed by atoms with Gasteiger partial charge in [-0.3, -0.25) is 4.79 Å². The first-order chi connectivity index (χ1) is 13.4. The number of unbranched alkanes of at least 4 members (excludes halogenated alkanes) is 1. The lowest BCUT2D eigenvalue weighted by Gasteiger charge is -2.12. The van der Waals surface area contributed by atoms with Crippen LogP contribution in [0, 0.1) is 11.6 Å². The Bertz CT molecular complexity index is 841. The van der Waals surface area contributed by atoms with Crippen molar-refractivity contribution in [3.63, 3.8) is 0 Å². The fraction of sp³-hybridized carbons (Fsp3) is 0.300. The fourth-order valence-electron chi connectivity index (χ4n) is 2.23. The summed E-state index contributed by atoms with van der Waals surface area (Å²) in [6.07, 6.45) is 1.86. The zero-order valence-electron chi connectivity index (χ0n) is 15.6. The second kappa shape index (κ2) is 10.2. The number of carbonyl (C=O) groups excluding carboxylic acids is 2. The van der Waals surface area contributed by atoms with Gasteiger partial charge in [-0.15, -0.1) is 0 Å². The van der Waals surface area contributed by atoms with Gasteiger partial charge >= 0.3 is 5.97 Å². The van der Waals surface area contributed by atoms with Gasteiger partial charge in [0.2, 0.25) is 0 Å². The molecule has 6 nitrogen and oxygen atoms in total. The molecule has 0 bridgehead atoms. The van der Waals surface area contributed by atoms with Crippen LogP contribution < -0.4 is 14.8 Å². The highest BCUT2D eigenvalue weighted by atomic mass is 19.1. The van der Waals surface area contributed by atoms with Gasteiger partial charge in [0.1, 0.15) is 11.6 Å². The summed E-state index contributed by atoms with van der Waals surface area (Å²) in [4.78, 5) is 23.9. The molecule has 0 heterocycles. The van der Waals surface area contributed by atoms with Crippen LogP contribution in [0.4, 0.5) is 14.5 Å². The minimum atomic E-state index is -0.802. The minimum Gasteiger partial charge on any atom is -0.493 e. The molecule has 8 heteroatoms. The molecule has 1 N–H and O–H groups in total. The first-order valence-corrected chi connectivity index (χ1v) is 8.67. The number of esters is 1. The van der Waals surface area contributed by atoms with Crippen molar-refractivity contribution >= 4 is 17.6 Å². The topological polar surface area (TPSA) is 73.9 Å². The number of benzene rings is 2. The number of anilines is 1. The van der Waals surface area contributed by atoms with Crippen LogP contribution in [-0.2, 0) is 9.53 Å². The Balaban J connectivity index is 1.94. The maximum atomic E-state index is 13.5. The predicted molar refractivity (Wildman–Crippen MR) is 98.7 cm³/mol. The maximum Gasteiger partial charge on any atom is 0.338 e. The van der Waals surface area contributed by atoms with E-state index in [9.17, 15) is 18.4 Å². The average Bonchev–Trinajstić information content (AvgIpc) is 2.69. The van der Waals surface area contributed by atoms with E-state index >= 15 is 0 Å². The van der Waals surface area contributed by atoms with Crippen molar-refractivity contribution in [1.29, 1.82) is 0 Å². The summed E-state index contributed by atoms with van der Waals surface area (Å²) in [5.74, 6) is -2.23. The summed E-state index contributed by atoms with van der Waals surface area (Å²) >= 11 is 0. The molecule has 2 rings (SSSR count). The molecule has 0 aliphatic carbocycles. The summed E-state index contributed by atoms with van der Waals surface area (Å²) in [5, 5.41) is 2.14. The molecule has 0 aliphatic heterocycles. The van der Waals surface area contributed by atoms with Crippen molar-refractivity contribution in [2.24, 2.45) is 0 Å².